The summed E-state index contributed by atoms with van der Waals surface area (Å²) in [6, 6.07) is 4.91. The molecule has 1 amide bonds. The molecule has 0 bridgehead atoms. The maximum absolute atomic E-state index is 12.0. The van der Waals surface area contributed by atoms with Crippen molar-refractivity contribution in [3.8, 4) is 0 Å². The van der Waals surface area contributed by atoms with Gasteiger partial charge in [-0.15, -0.1) is 0 Å². The van der Waals surface area contributed by atoms with E-state index >= 15 is 0 Å². The summed E-state index contributed by atoms with van der Waals surface area (Å²) in [7, 11) is 1.59. The van der Waals surface area contributed by atoms with Crippen LogP contribution in [0.4, 0.5) is 0 Å². The average Bonchev–Trinajstić information content (AvgIpc) is 2.80. The number of pyridine rings is 1. The summed E-state index contributed by atoms with van der Waals surface area (Å²) in [5.74, 6) is 0.977. The molecule has 6 heteroatoms. The third-order valence-corrected chi connectivity index (χ3v) is 3.51. The molecule has 2 aromatic rings. The molecule has 1 atom stereocenters. The number of hydrogen-bond donors (Lipinski definition) is 2. The number of furan rings is 1. The van der Waals surface area contributed by atoms with Crippen molar-refractivity contribution in [2.75, 3.05) is 6.54 Å². The predicted octanol–water partition coefficient (Wildman–Crippen LogP) is 1.45. The van der Waals surface area contributed by atoms with E-state index in [9.17, 15) is 14.7 Å². The summed E-state index contributed by atoms with van der Waals surface area (Å²) in [6.07, 6.45) is 1.22. The van der Waals surface area contributed by atoms with Crippen molar-refractivity contribution in [2.45, 2.75) is 26.4 Å². The van der Waals surface area contributed by atoms with Gasteiger partial charge >= 0.3 is 0 Å². The molecule has 0 spiro atoms. The van der Waals surface area contributed by atoms with Gasteiger partial charge in [0.1, 0.15) is 17.1 Å². The molecule has 0 aliphatic rings. The molecule has 0 aromatic carbocycles. The van der Waals surface area contributed by atoms with E-state index in [-0.39, 0.29) is 17.7 Å². The monoisotopic (exact) mass is 304 g/mol. The van der Waals surface area contributed by atoms with E-state index in [0.29, 0.717) is 12.2 Å². The van der Waals surface area contributed by atoms with Gasteiger partial charge in [0.15, 0.2) is 0 Å². The highest BCUT2D eigenvalue weighted by atomic mass is 16.3. The molecule has 6 nitrogen and oxygen atoms in total. The molecular weight excluding hydrogens is 284 g/mol. The number of aliphatic hydroxyl groups excluding tert-OH is 1. The molecule has 0 fully saturated rings. The number of nitrogens with one attached hydrogen (secondary N) is 1. The Morgan fingerprint density at radius 2 is 2.18 bits per heavy atom. The first-order valence-corrected chi connectivity index (χ1v) is 7.09. The lowest BCUT2D eigenvalue weighted by molar-refractivity contribution is 0.0940. The van der Waals surface area contributed by atoms with E-state index < -0.39 is 12.0 Å². The lowest BCUT2D eigenvalue weighted by atomic mass is 10.1. The van der Waals surface area contributed by atoms with Gasteiger partial charge in [0.25, 0.3) is 11.5 Å². The quantitative estimate of drug-likeness (QED) is 0.875. The molecule has 0 saturated carbocycles. The second-order valence-corrected chi connectivity index (χ2v) is 5.27. The van der Waals surface area contributed by atoms with Gasteiger partial charge in [0.2, 0.25) is 0 Å². The molecule has 0 radical (unpaired) electrons. The molecular formula is C16H20N2O4. The Bertz CT molecular complexity index is 730. The number of aryl methyl sites for hydroxylation is 3. The van der Waals surface area contributed by atoms with Gasteiger partial charge in [-0.05, 0) is 38.5 Å². The van der Waals surface area contributed by atoms with Crippen LogP contribution in [0, 0.1) is 13.8 Å². The van der Waals surface area contributed by atoms with Gasteiger partial charge in [0, 0.05) is 25.4 Å². The fraction of sp³-hybridized carbons (Fsp3) is 0.375. The van der Waals surface area contributed by atoms with Crippen molar-refractivity contribution in [1.29, 1.82) is 0 Å². The lowest BCUT2D eigenvalue weighted by Crippen LogP contribution is -2.32. The third-order valence-electron chi connectivity index (χ3n) is 3.51. The highest BCUT2D eigenvalue weighted by Gasteiger charge is 2.15. The van der Waals surface area contributed by atoms with E-state index in [2.05, 4.69) is 5.32 Å². The highest BCUT2D eigenvalue weighted by molar-refractivity contribution is 5.93. The number of rotatable bonds is 5. The van der Waals surface area contributed by atoms with Gasteiger partial charge < -0.3 is 19.4 Å². The Morgan fingerprint density at radius 3 is 2.82 bits per heavy atom. The number of carbonyl (C=O) groups is 1. The van der Waals surface area contributed by atoms with E-state index in [1.54, 1.807) is 32.3 Å². The summed E-state index contributed by atoms with van der Waals surface area (Å²) >= 11 is 0. The van der Waals surface area contributed by atoms with Crippen molar-refractivity contribution in [3.63, 3.8) is 0 Å². The summed E-state index contributed by atoms with van der Waals surface area (Å²) in [5, 5.41) is 12.8. The smallest absolute Gasteiger partial charge is 0.263 e. The van der Waals surface area contributed by atoms with Crippen molar-refractivity contribution in [2.24, 2.45) is 7.05 Å². The molecule has 0 aliphatic carbocycles. The first kappa shape index (κ1) is 16.0. The van der Waals surface area contributed by atoms with E-state index in [4.69, 9.17) is 4.42 Å². The number of hydrogen-bond acceptors (Lipinski definition) is 4. The zero-order valence-corrected chi connectivity index (χ0v) is 12.9. The van der Waals surface area contributed by atoms with E-state index in [0.717, 1.165) is 11.3 Å². The van der Waals surface area contributed by atoms with Gasteiger partial charge in [-0.25, -0.2) is 0 Å². The number of nitrogens with zero attached hydrogens (tertiary/aromatic N) is 1. The predicted molar refractivity (Wildman–Crippen MR) is 81.8 cm³/mol. The zero-order chi connectivity index (χ0) is 16.3. The molecule has 2 aromatic heterocycles. The van der Waals surface area contributed by atoms with Gasteiger partial charge in [-0.1, -0.05) is 0 Å². The minimum atomic E-state index is -0.712. The molecule has 22 heavy (non-hydrogen) atoms. The van der Waals surface area contributed by atoms with Gasteiger partial charge in [-0.3, -0.25) is 9.59 Å². The van der Waals surface area contributed by atoms with Crippen LogP contribution in [0.3, 0.4) is 0 Å². The van der Waals surface area contributed by atoms with Crippen molar-refractivity contribution in [1.82, 2.24) is 9.88 Å². The zero-order valence-electron chi connectivity index (χ0n) is 12.9. The number of aromatic nitrogens is 1. The van der Waals surface area contributed by atoms with Crippen molar-refractivity contribution < 1.29 is 14.3 Å². The van der Waals surface area contributed by atoms with Crippen molar-refractivity contribution >= 4 is 5.91 Å². The van der Waals surface area contributed by atoms with Crippen LogP contribution in [0.1, 0.15) is 40.0 Å². The second-order valence-electron chi connectivity index (χ2n) is 5.27. The molecule has 118 valence electrons. The average molecular weight is 304 g/mol. The third kappa shape index (κ3) is 3.46. The van der Waals surface area contributed by atoms with Crippen LogP contribution in [-0.2, 0) is 7.05 Å². The first-order chi connectivity index (χ1) is 10.4. The Morgan fingerprint density at radius 1 is 1.45 bits per heavy atom. The number of aliphatic hydroxyl groups is 1. The van der Waals surface area contributed by atoms with Crippen LogP contribution in [0.15, 0.2) is 33.6 Å². The minimum absolute atomic E-state index is 0.0924. The largest absolute Gasteiger partial charge is 0.466 e. The molecule has 0 aliphatic heterocycles. The summed E-state index contributed by atoms with van der Waals surface area (Å²) in [6.45, 7) is 3.87. The lowest BCUT2D eigenvalue weighted by Gasteiger charge is -2.10. The van der Waals surface area contributed by atoms with Crippen LogP contribution < -0.4 is 10.9 Å². The standard InChI is InChI=1S/C16H20N2O4/c1-10-9-13(11(2)22-10)14(19)6-7-17-15(20)12-5-4-8-18(3)16(12)21/h4-5,8-9,14,19H,6-7H2,1-3H3,(H,17,20)/t14-/m0/s1. The number of carbonyl (C=O) groups excluding carboxylic acids is 1. The molecule has 0 saturated heterocycles. The SMILES string of the molecule is Cc1cc([C@@H](O)CCNC(=O)c2cccn(C)c2=O)c(C)o1. The Labute approximate surface area is 128 Å². The first-order valence-electron chi connectivity index (χ1n) is 7.09. The maximum atomic E-state index is 12.0. The van der Waals surface area contributed by atoms with Crippen LogP contribution in [-0.4, -0.2) is 22.1 Å². The van der Waals surface area contributed by atoms with Crippen LogP contribution >= 0.6 is 0 Å². The highest BCUT2D eigenvalue weighted by Crippen LogP contribution is 2.23. The Hall–Kier alpha value is -2.34. The Kier molecular flexibility index (Phi) is 4.82. The summed E-state index contributed by atoms with van der Waals surface area (Å²) in [5.41, 5.74) is 0.471. The topological polar surface area (TPSA) is 84.5 Å². The molecule has 2 heterocycles. The summed E-state index contributed by atoms with van der Waals surface area (Å²) < 4.78 is 6.72. The van der Waals surface area contributed by atoms with Crippen LogP contribution in [0.25, 0.3) is 0 Å². The van der Waals surface area contributed by atoms with Gasteiger partial charge in [0.05, 0.1) is 6.10 Å². The van der Waals surface area contributed by atoms with E-state index in [1.165, 1.54) is 10.6 Å². The Balaban J connectivity index is 1.93. The molecule has 0 unspecified atom stereocenters. The normalized spacial score (nSPS) is 12.2. The maximum Gasteiger partial charge on any atom is 0.263 e. The van der Waals surface area contributed by atoms with Gasteiger partial charge in [-0.2, -0.15) is 0 Å². The second kappa shape index (κ2) is 6.62. The van der Waals surface area contributed by atoms with Crippen LogP contribution in [0.2, 0.25) is 0 Å². The molecule has 2 rings (SSSR count). The number of amides is 1. The molecule has 2 N–H and O–H groups in total. The fourth-order valence-corrected chi connectivity index (χ4v) is 2.32. The van der Waals surface area contributed by atoms with Crippen LogP contribution in [0.5, 0.6) is 0 Å². The summed E-state index contributed by atoms with van der Waals surface area (Å²) in [4.78, 5) is 23.8. The minimum Gasteiger partial charge on any atom is -0.466 e. The fourth-order valence-electron chi connectivity index (χ4n) is 2.32. The van der Waals surface area contributed by atoms with Crippen molar-refractivity contribution in [3.05, 3.63) is 57.4 Å². The van der Waals surface area contributed by atoms with E-state index in [1.807, 2.05) is 6.92 Å².